The first kappa shape index (κ1) is 18.7. The SMILES string of the molecule is CCCN1CCCC2(CCCN2C(=O)Nc2c(C)cccc2CC)C1=O. The summed E-state index contributed by atoms with van der Waals surface area (Å²) in [6.07, 6.45) is 5.26. The highest BCUT2D eigenvalue weighted by Gasteiger charge is 2.52. The molecule has 2 aliphatic heterocycles. The Bertz CT molecular complexity index is 686. The molecule has 2 saturated heterocycles. The van der Waals surface area contributed by atoms with E-state index in [0.29, 0.717) is 6.54 Å². The second-order valence-corrected chi connectivity index (χ2v) is 7.58. The number of hydrogen-bond donors (Lipinski definition) is 1. The van der Waals surface area contributed by atoms with Crippen LogP contribution in [0.5, 0.6) is 0 Å². The van der Waals surface area contributed by atoms with E-state index in [9.17, 15) is 9.59 Å². The predicted octanol–water partition coefficient (Wildman–Crippen LogP) is 3.96. The number of carbonyl (C=O) groups excluding carboxylic acids is 2. The minimum atomic E-state index is -0.632. The molecule has 142 valence electrons. The van der Waals surface area contributed by atoms with E-state index in [1.165, 1.54) is 0 Å². The highest BCUT2D eigenvalue weighted by atomic mass is 16.2. The molecule has 1 atom stereocenters. The number of piperidine rings is 1. The number of benzene rings is 1. The molecule has 0 saturated carbocycles. The Morgan fingerprint density at radius 2 is 1.92 bits per heavy atom. The van der Waals surface area contributed by atoms with Gasteiger partial charge in [-0.2, -0.15) is 0 Å². The molecule has 1 N–H and O–H groups in total. The van der Waals surface area contributed by atoms with Crippen molar-refractivity contribution in [2.45, 2.75) is 64.8 Å². The summed E-state index contributed by atoms with van der Waals surface area (Å²) in [6.45, 7) is 8.47. The first-order valence-corrected chi connectivity index (χ1v) is 10.00. The summed E-state index contributed by atoms with van der Waals surface area (Å²) < 4.78 is 0. The topological polar surface area (TPSA) is 52.6 Å². The van der Waals surface area contributed by atoms with Gasteiger partial charge in [0.15, 0.2) is 0 Å². The molecule has 1 spiro atoms. The van der Waals surface area contributed by atoms with Crippen molar-refractivity contribution in [3.63, 3.8) is 0 Å². The monoisotopic (exact) mass is 357 g/mol. The second kappa shape index (κ2) is 7.68. The first-order chi connectivity index (χ1) is 12.5. The average Bonchev–Trinajstić information content (AvgIpc) is 3.05. The van der Waals surface area contributed by atoms with E-state index in [0.717, 1.165) is 68.4 Å². The van der Waals surface area contributed by atoms with Gasteiger partial charge in [-0.05, 0) is 56.6 Å². The van der Waals surface area contributed by atoms with E-state index in [4.69, 9.17) is 0 Å². The van der Waals surface area contributed by atoms with Crippen LogP contribution in [-0.4, -0.2) is 46.9 Å². The minimum Gasteiger partial charge on any atom is -0.341 e. The third-order valence-corrected chi connectivity index (χ3v) is 5.90. The number of nitrogens with zero attached hydrogens (tertiary/aromatic N) is 2. The fourth-order valence-corrected chi connectivity index (χ4v) is 4.58. The maximum atomic E-state index is 13.2. The van der Waals surface area contributed by atoms with Gasteiger partial charge in [0, 0.05) is 25.3 Å². The molecule has 2 fully saturated rings. The van der Waals surface area contributed by atoms with Gasteiger partial charge in [-0.25, -0.2) is 4.79 Å². The summed E-state index contributed by atoms with van der Waals surface area (Å²) in [5.74, 6) is 0.152. The Kier molecular flexibility index (Phi) is 5.54. The van der Waals surface area contributed by atoms with Crippen LogP contribution < -0.4 is 5.32 Å². The van der Waals surface area contributed by atoms with E-state index in [1.807, 2.05) is 28.9 Å². The Morgan fingerprint density at radius 3 is 2.62 bits per heavy atom. The first-order valence-electron chi connectivity index (χ1n) is 10.00. The Hall–Kier alpha value is -2.04. The number of rotatable bonds is 4. The molecular formula is C21H31N3O2. The lowest BCUT2D eigenvalue weighted by molar-refractivity contribution is -0.145. The number of carbonyl (C=O) groups is 2. The van der Waals surface area contributed by atoms with Crippen LogP contribution in [0.3, 0.4) is 0 Å². The molecule has 1 unspecified atom stereocenters. The van der Waals surface area contributed by atoms with Gasteiger partial charge in [-0.1, -0.05) is 32.0 Å². The summed E-state index contributed by atoms with van der Waals surface area (Å²) in [5.41, 5.74) is 2.46. The van der Waals surface area contributed by atoms with Crippen molar-refractivity contribution in [3.8, 4) is 0 Å². The van der Waals surface area contributed by atoms with Crippen molar-refractivity contribution in [2.75, 3.05) is 25.0 Å². The van der Waals surface area contributed by atoms with E-state index in [1.54, 1.807) is 0 Å². The van der Waals surface area contributed by atoms with Crippen molar-refractivity contribution in [1.82, 2.24) is 9.80 Å². The summed E-state index contributed by atoms with van der Waals surface area (Å²) in [7, 11) is 0. The van der Waals surface area contributed by atoms with Crippen LogP contribution in [-0.2, 0) is 11.2 Å². The van der Waals surface area contributed by atoms with Crippen LogP contribution in [0.2, 0.25) is 0 Å². The highest BCUT2D eigenvalue weighted by molar-refractivity contribution is 5.97. The Labute approximate surface area is 156 Å². The minimum absolute atomic E-state index is 0.127. The summed E-state index contributed by atoms with van der Waals surface area (Å²) in [4.78, 5) is 30.1. The molecule has 5 nitrogen and oxygen atoms in total. The van der Waals surface area contributed by atoms with E-state index in [2.05, 4.69) is 25.2 Å². The van der Waals surface area contributed by atoms with Gasteiger partial charge in [-0.15, -0.1) is 0 Å². The van der Waals surface area contributed by atoms with E-state index >= 15 is 0 Å². The number of para-hydroxylation sites is 1. The smallest absolute Gasteiger partial charge is 0.322 e. The van der Waals surface area contributed by atoms with Crippen molar-refractivity contribution in [1.29, 1.82) is 0 Å². The molecule has 0 aliphatic carbocycles. The quantitative estimate of drug-likeness (QED) is 0.887. The van der Waals surface area contributed by atoms with E-state index in [-0.39, 0.29) is 11.9 Å². The number of amides is 3. The summed E-state index contributed by atoms with van der Waals surface area (Å²) in [5, 5.41) is 3.13. The van der Waals surface area contributed by atoms with Crippen molar-refractivity contribution < 1.29 is 9.59 Å². The zero-order valence-corrected chi connectivity index (χ0v) is 16.3. The molecule has 0 bridgehead atoms. The van der Waals surface area contributed by atoms with Gasteiger partial charge in [0.1, 0.15) is 5.54 Å². The molecule has 2 heterocycles. The van der Waals surface area contributed by atoms with Crippen LogP contribution in [0.1, 0.15) is 57.1 Å². The van der Waals surface area contributed by atoms with Gasteiger partial charge in [-0.3, -0.25) is 4.79 Å². The Balaban J connectivity index is 1.84. The predicted molar refractivity (Wildman–Crippen MR) is 104 cm³/mol. The third-order valence-electron chi connectivity index (χ3n) is 5.90. The lowest BCUT2D eigenvalue weighted by Gasteiger charge is -2.44. The third kappa shape index (κ3) is 3.19. The number of hydrogen-bond acceptors (Lipinski definition) is 2. The molecule has 0 radical (unpaired) electrons. The van der Waals surface area contributed by atoms with Crippen LogP contribution in [0.25, 0.3) is 0 Å². The van der Waals surface area contributed by atoms with Gasteiger partial charge in [0.2, 0.25) is 5.91 Å². The lowest BCUT2D eigenvalue weighted by atomic mass is 9.85. The second-order valence-electron chi connectivity index (χ2n) is 7.58. The van der Waals surface area contributed by atoms with Crippen molar-refractivity contribution in [2.24, 2.45) is 0 Å². The zero-order chi connectivity index (χ0) is 18.7. The largest absolute Gasteiger partial charge is 0.341 e. The molecular weight excluding hydrogens is 326 g/mol. The van der Waals surface area contributed by atoms with Gasteiger partial charge >= 0.3 is 6.03 Å². The lowest BCUT2D eigenvalue weighted by Crippen LogP contribution is -2.62. The normalized spacial score (nSPS) is 23.0. The maximum Gasteiger partial charge on any atom is 0.322 e. The molecule has 3 rings (SSSR count). The summed E-state index contributed by atoms with van der Waals surface area (Å²) in [6, 6.07) is 5.97. The molecule has 1 aromatic carbocycles. The molecule has 0 aromatic heterocycles. The van der Waals surface area contributed by atoms with Gasteiger partial charge in [0.25, 0.3) is 0 Å². The number of aryl methyl sites for hydroxylation is 2. The fraction of sp³-hybridized carbons (Fsp3) is 0.619. The standard InChI is InChI=1S/C21H31N3O2/c1-4-13-23-14-7-11-21(19(23)25)12-8-15-24(21)20(26)22-18-16(3)9-6-10-17(18)5-2/h6,9-10H,4-5,7-8,11-15H2,1-3H3,(H,22,26). The number of likely N-dealkylation sites (tertiary alicyclic amines) is 2. The van der Waals surface area contributed by atoms with Crippen LogP contribution >= 0.6 is 0 Å². The van der Waals surface area contributed by atoms with Crippen molar-refractivity contribution in [3.05, 3.63) is 29.3 Å². The van der Waals surface area contributed by atoms with Crippen LogP contribution in [0.15, 0.2) is 18.2 Å². The maximum absolute atomic E-state index is 13.2. The summed E-state index contributed by atoms with van der Waals surface area (Å²) >= 11 is 0. The van der Waals surface area contributed by atoms with Crippen LogP contribution in [0.4, 0.5) is 10.5 Å². The van der Waals surface area contributed by atoms with Gasteiger partial charge < -0.3 is 15.1 Å². The van der Waals surface area contributed by atoms with Gasteiger partial charge in [0.05, 0.1) is 0 Å². The van der Waals surface area contributed by atoms with Crippen LogP contribution in [0, 0.1) is 6.92 Å². The number of anilines is 1. The molecule has 1 aromatic rings. The molecule has 26 heavy (non-hydrogen) atoms. The molecule has 5 heteroatoms. The number of nitrogens with one attached hydrogen (secondary N) is 1. The molecule has 3 amide bonds. The average molecular weight is 357 g/mol. The Morgan fingerprint density at radius 1 is 1.19 bits per heavy atom. The molecule has 2 aliphatic rings. The van der Waals surface area contributed by atoms with E-state index < -0.39 is 5.54 Å². The van der Waals surface area contributed by atoms with Crippen molar-refractivity contribution >= 4 is 17.6 Å². The fourth-order valence-electron chi connectivity index (χ4n) is 4.58. The number of urea groups is 1. The zero-order valence-electron chi connectivity index (χ0n) is 16.3. The highest BCUT2D eigenvalue weighted by Crippen LogP contribution is 2.39.